The maximum absolute atomic E-state index is 3.59. The van der Waals surface area contributed by atoms with Gasteiger partial charge in [0.15, 0.2) is 0 Å². The molecule has 1 aromatic carbocycles. The minimum Gasteiger partial charge on any atom is -0.310 e. The number of halogens is 1. The average Bonchev–Trinajstić information content (AvgIpc) is 2.16. The molecule has 1 aromatic rings. The zero-order valence-electron chi connectivity index (χ0n) is 10.7. The van der Waals surface area contributed by atoms with Crippen LogP contribution in [0.15, 0.2) is 28.7 Å². The molecule has 2 heteroatoms. The highest BCUT2D eigenvalue weighted by atomic mass is 79.9. The van der Waals surface area contributed by atoms with Gasteiger partial charge >= 0.3 is 0 Å². The summed E-state index contributed by atoms with van der Waals surface area (Å²) >= 11 is 3.59. The van der Waals surface area contributed by atoms with Gasteiger partial charge in [0.1, 0.15) is 0 Å². The SMILES string of the molecule is C[C@@H](NCCC(C)(C)C)c1ccccc1Br. The Hall–Kier alpha value is -0.340. The predicted octanol–water partition coefficient (Wildman–Crippen LogP) is 4.54. The third-order valence-electron chi connectivity index (χ3n) is 2.70. The van der Waals surface area contributed by atoms with E-state index in [1.807, 2.05) is 0 Å². The highest BCUT2D eigenvalue weighted by molar-refractivity contribution is 9.10. The van der Waals surface area contributed by atoms with Gasteiger partial charge in [-0.2, -0.15) is 0 Å². The number of hydrogen-bond donors (Lipinski definition) is 1. The van der Waals surface area contributed by atoms with Crippen LogP contribution in [0, 0.1) is 5.41 Å². The van der Waals surface area contributed by atoms with Crippen molar-refractivity contribution in [2.45, 2.75) is 40.2 Å². The van der Waals surface area contributed by atoms with E-state index in [1.165, 1.54) is 16.5 Å². The highest BCUT2D eigenvalue weighted by Crippen LogP contribution is 2.23. The number of nitrogens with one attached hydrogen (secondary N) is 1. The van der Waals surface area contributed by atoms with Gasteiger partial charge in [-0.1, -0.05) is 54.9 Å². The summed E-state index contributed by atoms with van der Waals surface area (Å²) in [5, 5.41) is 3.57. The van der Waals surface area contributed by atoms with Gasteiger partial charge in [0.05, 0.1) is 0 Å². The lowest BCUT2D eigenvalue weighted by molar-refractivity contribution is 0.358. The van der Waals surface area contributed by atoms with Gasteiger partial charge in [-0.3, -0.25) is 0 Å². The van der Waals surface area contributed by atoms with Gasteiger partial charge < -0.3 is 5.32 Å². The minimum atomic E-state index is 0.401. The van der Waals surface area contributed by atoms with Crippen molar-refractivity contribution in [2.24, 2.45) is 5.41 Å². The van der Waals surface area contributed by atoms with Crippen LogP contribution in [0.5, 0.6) is 0 Å². The van der Waals surface area contributed by atoms with Crippen molar-refractivity contribution >= 4 is 15.9 Å². The molecule has 1 N–H and O–H groups in total. The Bertz CT molecular complexity index is 328. The van der Waals surface area contributed by atoms with E-state index in [2.05, 4.69) is 73.2 Å². The molecule has 1 nitrogen and oxygen atoms in total. The molecule has 0 aromatic heterocycles. The molecule has 0 aliphatic rings. The van der Waals surface area contributed by atoms with E-state index in [4.69, 9.17) is 0 Å². The second-order valence-electron chi connectivity index (χ2n) is 5.51. The first-order valence-electron chi connectivity index (χ1n) is 5.88. The fourth-order valence-corrected chi connectivity index (χ4v) is 2.23. The Kier molecular flexibility index (Phi) is 5.00. The first-order valence-corrected chi connectivity index (χ1v) is 6.67. The number of hydrogen-bond acceptors (Lipinski definition) is 1. The molecule has 0 bridgehead atoms. The monoisotopic (exact) mass is 283 g/mol. The van der Waals surface area contributed by atoms with Crippen molar-refractivity contribution in [3.8, 4) is 0 Å². The van der Waals surface area contributed by atoms with E-state index in [1.54, 1.807) is 0 Å². The molecule has 16 heavy (non-hydrogen) atoms. The van der Waals surface area contributed by atoms with Crippen molar-refractivity contribution < 1.29 is 0 Å². The van der Waals surface area contributed by atoms with Gasteiger partial charge in [0.2, 0.25) is 0 Å². The Morgan fingerprint density at radius 2 is 1.88 bits per heavy atom. The summed E-state index contributed by atoms with van der Waals surface area (Å²) in [7, 11) is 0. The molecule has 0 saturated heterocycles. The summed E-state index contributed by atoms with van der Waals surface area (Å²) in [5.41, 5.74) is 1.73. The summed E-state index contributed by atoms with van der Waals surface area (Å²) in [5.74, 6) is 0. The lowest BCUT2D eigenvalue weighted by atomic mass is 9.92. The molecule has 0 aliphatic carbocycles. The Morgan fingerprint density at radius 3 is 2.44 bits per heavy atom. The quantitative estimate of drug-likeness (QED) is 0.856. The summed E-state index contributed by atoms with van der Waals surface area (Å²) in [6.07, 6.45) is 1.20. The molecular formula is C14H22BrN. The third-order valence-corrected chi connectivity index (χ3v) is 3.42. The third kappa shape index (κ3) is 4.67. The first-order chi connectivity index (χ1) is 7.40. The molecule has 1 rings (SSSR count). The molecule has 0 radical (unpaired) electrons. The highest BCUT2D eigenvalue weighted by Gasteiger charge is 2.12. The molecule has 0 amide bonds. The molecule has 0 spiro atoms. The molecule has 1 atom stereocenters. The standard InChI is InChI=1S/C14H22BrN/c1-11(16-10-9-14(2,3)4)12-7-5-6-8-13(12)15/h5-8,11,16H,9-10H2,1-4H3/t11-/m1/s1. The number of rotatable bonds is 4. The summed E-state index contributed by atoms with van der Waals surface area (Å²) < 4.78 is 1.19. The smallest absolute Gasteiger partial charge is 0.0302 e. The van der Waals surface area contributed by atoms with Crippen LogP contribution in [0.4, 0.5) is 0 Å². The van der Waals surface area contributed by atoms with Crippen LogP contribution in [0.1, 0.15) is 45.7 Å². The van der Waals surface area contributed by atoms with Crippen LogP contribution in [0.2, 0.25) is 0 Å². The van der Waals surface area contributed by atoms with E-state index in [9.17, 15) is 0 Å². The van der Waals surface area contributed by atoms with Crippen molar-refractivity contribution in [3.05, 3.63) is 34.3 Å². The molecule has 0 aliphatic heterocycles. The topological polar surface area (TPSA) is 12.0 Å². The average molecular weight is 284 g/mol. The molecule has 0 unspecified atom stereocenters. The van der Waals surface area contributed by atoms with Crippen LogP contribution in [-0.4, -0.2) is 6.54 Å². The van der Waals surface area contributed by atoms with Gasteiger partial charge in [-0.05, 0) is 36.9 Å². The molecule has 0 heterocycles. The lowest BCUT2D eigenvalue weighted by Gasteiger charge is -2.21. The summed E-state index contributed by atoms with van der Waals surface area (Å²) in [6.45, 7) is 10.1. The maximum atomic E-state index is 3.59. The van der Waals surface area contributed by atoms with Crippen LogP contribution in [-0.2, 0) is 0 Å². The Morgan fingerprint density at radius 1 is 1.25 bits per heavy atom. The summed E-state index contributed by atoms with van der Waals surface area (Å²) in [6, 6.07) is 8.80. The largest absolute Gasteiger partial charge is 0.310 e. The van der Waals surface area contributed by atoms with Gasteiger partial charge in [-0.15, -0.1) is 0 Å². The Labute approximate surface area is 108 Å². The first kappa shape index (κ1) is 13.7. The van der Waals surface area contributed by atoms with E-state index in [0.29, 0.717) is 11.5 Å². The molecular weight excluding hydrogens is 262 g/mol. The second-order valence-corrected chi connectivity index (χ2v) is 6.36. The van der Waals surface area contributed by atoms with Crippen LogP contribution in [0.3, 0.4) is 0 Å². The van der Waals surface area contributed by atoms with Crippen LogP contribution >= 0.6 is 15.9 Å². The van der Waals surface area contributed by atoms with Crippen molar-refractivity contribution in [3.63, 3.8) is 0 Å². The Balaban J connectivity index is 2.47. The van der Waals surface area contributed by atoms with Gasteiger partial charge in [0.25, 0.3) is 0 Å². The molecule has 0 fully saturated rings. The fourth-order valence-electron chi connectivity index (χ4n) is 1.60. The van der Waals surface area contributed by atoms with Gasteiger partial charge in [-0.25, -0.2) is 0 Å². The predicted molar refractivity (Wildman–Crippen MR) is 74.6 cm³/mol. The number of benzene rings is 1. The molecule has 90 valence electrons. The zero-order chi connectivity index (χ0) is 12.2. The van der Waals surface area contributed by atoms with E-state index >= 15 is 0 Å². The minimum absolute atomic E-state index is 0.401. The fraction of sp³-hybridized carbons (Fsp3) is 0.571. The van der Waals surface area contributed by atoms with Crippen molar-refractivity contribution in [1.82, 2.24) is 5.32 Å². The van der Waals surface area contributed by atoms with Gasteiger partial charge in [0, 0.05) is 10.5 Å². The van der Waals surface area contributed by atoms with Crippen LogP contribution < -0.4 is 5.32 Å². The molecule has 0 saturated carbocycles. The zero-order valence-corrected chi connectivity index (χ0v) is 12.3. The van der Waals surface area contributed by atoms with Crippen molar-refractivity contribution in [2.75, 3.05) is 6.54 Å². The lowest BCUT2D eigenvalue weighted by Crippen LogP contribution is -2.23. The second kappa shape index (κ2) is 5.83. The van der Waals surface area contributed by atoms with E-state index in [0.717, 1.165) is 6.54 Å². The maximum Gasteiger partial charge on any atom is 0.0302 e. The van der Waals surface area contributed by atoms with E-state index in [-0.39, 0.29) is 0 Å². The normalized spacial score (nSPS) is 13.8. The van der Waals surface area contributed by atoms with Crippen molar-refractivity contribution in [1.29, 1.82) is 0 Å². The summed E-state index contributed by atoms with van der Waals surface area (Å²) in [4.78, 5) is 0. The van der Waals surface area contributed by atoms with E-state index < -0.39 is 0 Å². The van der Waals surface area contributed by atoms with Crippen LogP contribution in [0.25, 0.3) is 0 Å².